The fourth-order valence-electron chi connectivity index (χ4n) is 1.31. The molecule has 1 heterocycles. The number of halogens is 3. The minimum atomic E-state index is -1.20. The highest BCUT2D eigenvalue weighted by atomic mass is 79.9. The first kappa shape index (κ1) is 13.8. The Morgan fingerprint density at radius 2 is 2.16 bits per heavy atom. The van der Waals surface area contributed by atoms with Crippen molar-refractivity contribution >= 4 is 33.5 Å². The maximum absolute atomic E-state index is 13.2. The molecule has 0 spiro atoms. The highest BCUT2D eigenvalue weighted by Crippen LogP contribution is 2.27. The quantitative estimate of drug-likeness (QED) is 0.908. The number of ether oxygens (including phenoxy) is 1. The van der Waals surface area contributed by atoms with Gasteiger partial charge in [-0.3, -0.25) is 0 Å². The summed E-state index contributed by atoms with van der Waals surface area (Å²) >= 11 is 8.65. The first-order chi connectivity index (χ1) is 8.97. The number of benzene rings is 1. The largest absolute Gasteiger partial charge is 0.477 e. The summed E-state index contributed by atoms with van der Waals surface area (Å²) in [6, 6.07) is 5.13. The SMILES string of the molecule is O=C(O)c1cc(Br)cnc1Oc1ccc(Cl)c(F)c1. The van der Waals surface area contributed by atoms with Gasteiger partial charge in [0.1, 0.15) is 17.1 Å². The summed E-state index contributed by atoms with van der Waals surface area (Å²) in [6.07, 6.45) is 1.38. The van der Waals surface area contributed by atoms with Crippen LogP contribution >= 0.6 is 27.5 Å². The predicted octanol–water partition coefficient (Wildman–Crippen LogP) is 4.13. The normalized spacial score (nSPS) is 10.3. The lowest BCUT2D eigenvalue weighted by atomic mass is 10.3. The van der Waals surface area contributed by atoms with Crippen LogP contribution in [0.25, 0.3) is 0 Å². The van der Waals surface area contributed by atoms with Gasteiger partial charge in [-0.1, -0.05) is 11.6 Å². The predicted molar refractivity (Wildman–Crippen MR) is 70.4 cm³/mol. The van der Waals surface area contributed by atoms with Crippen LogP contribution < -0.4 is 4.74 Å². The molecule has 0 aliphatic heterocycles. The Balaban J connectivity index is 2.37. The van der Waals surface area contributed by atoms with Gasteiger partial charge in [0.25, 0.3) is 0 Å². The fourth-order valence-corrected chi connectivity index (χ4v) is 1.76. The summed E-state index contributed by atoms with van der Waals surface area (Å²) in [4.78, 5) is 14.9. The van der Waals surface area contributed by atoms with Crippen LogP contribution in [-0.4, -0.2) is 16.1 Å². The van der Waals surface area contributed by atoms with E-state index in [4.69, 9.17) is 21.4 Å². The van der Waals surface area contributed by atoms with E-state index in [0.717, 1.165) is 6.07 Å². The van der Waals surface area contributed by atoms with Gasteiger partial charge < -0.3 is 9.84 Å². The van der Waals surface area contributed by atoms with Crippen molar-refractivity contribution in [1.29, 1.82) is 0 Å². The number of carboxylic acids is 1. The number of nitrogens with zero attached hydrogens (tertiary/aromatic N) is 1. The second-order valence-electron chi connectivity index (χ2n) is 3.49. The number of carbonyl (C=O) groups is 1. The van der Waals surface area contributed by atoms with Gasteiger partial charge in [-0.15, -0.1) is 0 Å². The standard InChI is InChI=1S/C12H6BrClFNO3/c13-6-3-8(12(17)18)11(16-5-6)19-7-1-2-9(14)10(15)4-7/h1-5H,(H,17,18). The molecule has 1 N–H and O–H groups in total. The van der Waals surface area contributed by atoms with Gasteiger partial charge in [0, 0.05) is 16.7 Å². The van der Waals surface area contributed by atoms with Gasteiger partial charge in [-0.05, 0) is 34.1 Å². The molecule has 0 radical (unpaired) electrons. The number of carboxylic acid groups (broad SMARTS) is 1. The molecule has 1 aromatic heterocycles. The minimum Gasteiger partial charge on any atom is -0.477 e. The van der Waals surface area contributed by atoms with E-state index in [1.807, 2.05) is 0 Å². The van der Waals surface area contributed by atoms with Crippen molar-refractivity contribution in [2.45, 2.75) is 0 Å². The minimum absolute atomic E-state index is 0.0467. The lowest BCUT2D eigenvalue weighted by Crippen LogP contribution is -2.02. The van der Waals surface area contributed by atoms with E-state index in [-0.39, 0.29) is 22.2 Å². The van der Waals surface area contributed by atoms with Gasteiger partial charge in [0.2, 0.25) is 5.88 Å². The smallest absolute Gasteiger partial charge is 0.341 e. The van der Waals surface area contributed by atoms with E-state index in [2.05, 4.69) is 20.9 Å². The van der Waals surface area contributed by atoms with Crippen LogP contribution in [0.1, 0.15) is 10.4 Å². The molecule has 2 aromatic rings. The Kier molecular flexibility index (Phi) is 4.01. The highest BCUT2D eigenvalue weighted by Gasteiger charge is 2.15. The second-order valence-corrected chi connectivity index (χ2v) is 4.81. The Morgan fingerprint density at radius 3 is 2.79 bits per heavy atom. The first-order valence-electron chi connectivity index (χ1n) is 4.99. The number of aromatic nitrogens is 1. The molecule has 0 bridgehead atoms. The molecule has 0 amide bonds. The number of hydrogen-bond acceptors (Lipinski definition) is 3. The van der Waals surface area contributed by atoms with Crippen LogP contribution in [0.15, 0.2) is 34.9 Å². The molecule has 0 atom stereocenters. The lowest BCUT2D eigenvalue weighted by molar-refractivity contribution is 0.0693. The van der Waals surface area contributed by atoms with Gasteiger partial charge in [0.05, 0.1) is 5.02 Å². The maximum atomic E-state index is 13.2. The van der Waals surface area contributed by atoms with Crippen LogP contribution in [0.5, 0.6) is 11.6 Å². The van der Waals surface area contributed by atoms with E-state index in [1.165, 1.54) is 24.4 Å². The maximum Gasteiger partial charge on any atom is 0.341 e. The molecular weight excluding hydrogens is 340 g/mol. The summed E-state index contributed by atoms with van der Waals surface area (Å²) in [6.45, 7) is 0. The molecule has 0 fully saturated rings. The number of hydrogen-bond donors (Lipinski definition) is 1. The molecule has 19 heavy (non-hydrogen) atoms. The zero-order valence-corrected chi connectivity index (χ0v) is 11.6. The molecule has 0 aliphatic carbocycles. The Morgan fingerprint density at radius 1 is 1.42 bits per heavy atom. The molecule has 98 valence electrons. The first-order valence-corrected chi connectivity index (χ1v) is 6.16. The van der Waals surface area contributed by atoms with Crippen molar-refractivity contribution in [3.63, 3.8) is 0 Å². The van der Waals surface area contributed by atoms with Crippen molar-refractivity contribution in [1.82, 2.24) is 4.98 Å². The van der Waals surface area contributed by atoms with Crippen molar-refractivity contribution < 1.29 is 19.0 Å². The molecule has 1 aromatic carbocycles. The fraction of sp³-hybridized carbons (Fsp3) is 0. The van der Waals surface area contributed by atoms with Crippen molar-refractivity contribution in [2.24, 2.45) is 0 Å². The van der Waals surface area contributed by atoms with Crippen LogP contribution in [0.3, 0.4) is 0 Å². The third-order valence-corrected chi connectivity index (χ3v) is 2.89. The van der Waals surface area contributed by atoms with Crippen molar-refractivity contribution in [3.05, 3.63) is 51.3 Å². The molecule has 2 rings (SSSR count). The molecule has 0 saturated heterocycles. The second kappa shape index (κ2) is 5.54. The van der Waals surface area contributed by atoms with E-state index >= 15 is 0 Å². The van der Waals surface area contributed by atoms with Gasteiger partial charge >= 0.3 is 5.97 Å². The summed E-state index contributed by atoms with van der Waals surface area (Å²) in [5, 5.41) is 8.98. The van der Waals surface area contributed by atoms with Crippen molar-refractivity contribution in [3.8, 4) is 11.6 Å². The van der Waals surface area contributed by atoms with Gasteiger partial charge in [-0.25, -0.2) is 14.2 Å². The van der Waals surface area contributed by atoms with E-state index in [9.17, 15) is 9.18 Å². The van der Waals surface area contributed by atoms with E-state index in [1.54, 1.807) is 0 Å². The molecule has 0 saturated carbocycles. The zero-order chi connectivity index (χ0) is 14.0. The number of pyridine rings is 1. The average Bonchev–Trinajstić information content (AvgIpc) is 2.36. The molecule has 7 heteroatoms. The van der Waals surface area contributed by atoms with Crippen LogP contribution in [0, 0.1) is 5.82 Å². The molecule has 0 unspecified atom stereocenters. The lowest BCUT2D eigenvalue weighted by Gasteiger charge is -2.08. The number of rotatable bonds is 3. The zero-order valence-electron chi connectivity index (χ0n) is 9.23. The van der Waals surface area contributed by atoms with E-state index < -0.39 is 11.8 Å². The Hall–Kier alpha value is -1.66. The summed E-state index contributed by atoms with van der Waals surface area (Å²) in [7, 11) is 0. The van der Waals surface area contributed by atoms with Crippen LogP contribution in [0.4, 0.5) is 4.39 Å². The van der Waals surface area contributed by atoms with E-state index in [0.29, 0.717) is 4.47 Å². The summed E-state index contributed by atoms with van der Waals surface area (Å²) < 4.78 is 19.0. The summed E-state index contributed by atoms with van der Waals surface area (Å²) in [5.74, 6) is -1.87. The highest BCUT2D eigenvalue weighted by molar-refractivity contribution is 9.10. The van der Waals surface area contributed by atoms with Crippen LogP contribution in [0.2, 0.25) is 5.02 Å². The molecule has 4 nitrogen and oxygen atoms in total. The van der Waals surface area contributed by atoms with Crippen molar-refractivity contribution in [2.75, 3.05) is 0 Å². The third kappa shape index (κ3) is 3.21. The van der Waals surface area contributed by atoms with Gasteiger partial charge in [-0.2, -0.15) is 0 Å². The number of aromatic carboxylic acids is 1. The van der Waals surface area contributed by atoms with Gasteiger partial charge in [0.15, 0.2) is 0 Å². The Labute approximate surface area is 120 Å². The van der Waals surface area contributed by atoms with Crippen LogP contribution in [-0.2, 0) is 0 Å². The molecule has 0 aliphatic rings. The third-order valence-electron chi connectivity index (χ3n) is 2.15. The monoisotopic (exact) mass is 345 g/mol. The summed E-state index contributed by atoms with van der Waals surface area (Å²) in [5.41, 5.74) is -0.135. The topological polar surface area (TPSA) is 59.4 Å². The average molecular weight is 347 g/mol. The molecular formula is C12H6BrClFNO3. The Bertz CT molecular complexity index is 651.